The molecule has 3 aromatic rings. The van der Waals surface area contributed by atoms with Crippen LogP contribution in [0.2, 0.25) is 0 Å². The molecule has 0 aliphatic heterocycles. The molecule has 1 aromatic heterocycles. The zero-order valence-electron chi connectivity index (χ0n) is 13.8. The Kier molecular flexibility index (Phi) is 5.48. The van der Waals surface area contributed by atoms with Crippen molar-refractivity contribution >= 4 is 38.8 Å². The van der Waals surface area contributed by atoms with Gasteiger partial charge in [0.25, 0.3) is 5.24 Å². The number of benzene rings is 2. The van der Waals surface area contributed by atoms with Crippen LogP contribution in [-0.2, 0) is 9.84 Å². The van der Waals surface area contributed by atoms with Crippen LogP contribution >= 0.6 is 11.6 Å². The van der Waals surface area contributed by atoms with E-state index in [1.807, 2.05) is 0 Å². The van der Waals surface area contributed by atoms with Gasteiger partial charge >= 0.3 is 0 Å². The van der Waals surface area contributed by atoms with Crippen molar-refractivity contribution in [3.8, 4) is 0 Å². The van der Waals surface area contributed by atoms with Gasteiger partial charge < -0.3 is 0 Å². The van der Waals surface area contributed by atoms with Crippen molar-refractivity contribution in [1.82, 2.24) is 4.98 Å². The molecule has 0 unspecified atom stereocenters. The Bertz CT molecular complexity index is 1110. The van der Waals surface area contributed by atoms with E-state index in [-0.39, 0.29) is 21.3 Å². The third-order valence-corrected chi connectivity index (χ3v) is 5.70. The molecule has 0 N–H and O–H groups in total. The molecule has 0 aliphatic rings. The van der Waals surface area contributed by atoms with Crippen molar-refractivity contribution in [3.63, 3.8) is 0 Å². The zero-order chi connectivity index (χ0) is 19.4. The molecule has 0 radical (unpaired) electrons. The molecule has 2 aromatic carbocycles. The SMILES string of the molecule is O=C(Cl)c1cccnc1S(=O)(=O)c1ccc(C=Cc2ccc(F)cc2)cc1. The molecule has 0 spiro atoms. The highest BCUT2D eigenvalue weighted by Crippen LogP contribution is 2.24. The smallest absolute Gasteiger partial charge is 0.255 e. The van der Waals surface area contributed by atoms with E-state index in [4.69, 9.17) is 11.6 Å². The summed E-state index contributed by atoms with van der Waals surface area (Å²) in [6, 6.07) is 14.8. The van der Waals surface area contributed by atoms with E-state index >= 15 is 0 Å². The second-order valence-electron chi connectivity index (χ2n) is 5.59. The molecule has 0 saturated heterocycles. The number of aromatic nitrogens is 1. The third-order valence-electron chi connectivity index (χ3n) is 3.77. The Morgan fingerprint density at radius 3 is 2.04 bits per heavy atom. The molecule has 7 heteroatoms. The number of carbonyl (C=O) groups is 1. The van der Waals surface area contributed by atoms with Crippen LogP contribution < -0.4 is 0 Å². The largest absolute Gasteiger partial charge is 0.276 e. The van der Waals surface area contributed by atoms with E-state index in [1.54, 1.807) is 36.4 Å². The first-order chi connectivity index (χ1) is 12.9. The highest BCUT2D eigenvalue weighted by molar-refractivity contribution is 7.91. The summed E-state index contributed by atoms with van der Waals surface area (Å²) in [7, 11) is -3.99. The second-order valence-corrected chi connectivity index (χ2v) is 7.80. The fourth-order valence-electron chi connectivity index (χ4n) is 2.39. The number of pyridine rings is 1. The molecular formula is C20H13ClFNO3S. The van der Waals surface area contributed by atoms with E-state index in [9.17, 15) is 17.6 Å². The number of hydrogen-bond acceptors (Lipinski definition) is 4. The first kappa shape index (κ1) is 18.9. The highest BCUT2D eigenvalue weighted by atomic mass is 35.5. The lowest BCUT2D eigenvalue weighted by Crippen LogP contribution is -2.09. The lowest BCUT2D eigenvalue weighted by Gasteiger charge is -2.07. The molecule has 136 valence electrons. The summed E-state index contributed by atoms with van der Waals surface area (Å²) in [5.74, 6) is -0.314. The van der Waals surface area contributed by atoms with Crippen LogP contribution in [0.25, 0.3) is 12.2 Å². The molecule has 3 rings (SSSR count). The van der Waals surface area contributed by atoms with Gasteiger partial charge in [-0.3, -0.25) is 4.79 Å². The van der Waals surface area contributed by atoms with E-state index in [1.165, 1.54) is 42.6 Å². The van der Waals surface area contributed by atoms with Crippen molar-refractivity contribution in [2.24, 2.45) is 0 Å². The number of carbonyl (C=O) groups excluding carboxylic acids is 1. The van der Waals surface area contributed by atoms with E-state index < -0.39 is 15.1 Å². The van der Waals surface area contributed by atoms with Gasteiger partial charge in [0.15, 0.2) is 5.03 Å². The summed E-state index contributed by atoms with van der Waals surface area (Å²) in [5, 5.41) is -1.26. The van der Waals surface area contributed by atoms with Gasteiger partial charge in [0.1, 0.15) is 5.82 Å². The minimum Gasteiger partial charge on any atom is -0.276 e. The van der Waals surface area contributed by atoms with Gasteiger partial charge in [-0.05, 0) is 59.1 Å². The highest BCUT2D eigenvalue weighted by Gasteiger charge is 2.25. The van der Waals surface area contributed by atoms with Crippen LogP contribution in [-0.4, -0.2) is 18.6 Å². The lowest BCUT2D eigenvalue weighted by molar-refractivity contribution is 0.107. The van der Waals surface area contributed by atoms with Gasteiger partial charge in [-0.2, -0.15) is 0 Å². The quantitative estimate of drug-likeness (QED) is 0.463. The zero-order valence-corrected chi connectivity index (χ0v) is 15.4. The minimum absolute atomic E-state index is 0.000649. The van der Waals surface area contributed by atoms with Crippen molar-refractivity contribution in [1.29, 1.82) is 0 Å². The maximum absolute atomic E-state index is 12.9. The Morgan fingerprint density at radius 1 is 0.926 bits per heavy atom. The Hall–Kier alpha value is -2.83. The minimum atomic E-state index is -3.99. The molecule has 0 amide bonds. The summed E-state index contributed by atoms with van der Waals surface area (Å²) in [6.07, 6.45) is 4.85. The van der Waals surface area contributed by atoms with Gasteiger partial charge in [0, 0.05) is 6.20 Å². The standard InChI is InChI=1S/C20H13ClFNO3S/c21-19(24)18-2-1-13-23-20(18)27(25,26)17-11-7-15(8-12-17)4-3-14-5-9-16(22)10-6-14/h1-13H. The van der Waals surface area contributed by atoms with Crippen LogP contribution in [0.15, 0.2) is 76.8 Å². The maximum atomic E-state index is 12.9. The van der Waals surface area contributed by atoms with E-state index in [2.05, 4.69) is 4.98 Å². The van der Waals surface area contributed by atoms with Gasteiger partial charge in [-0.25, -0.2) is 17.8 Å². The average molecular weight is 402 g/mol. The summed E-state index contributed by atoms with van der Waals surface area (Å²) < 4.78 is 38.4. The molecular weight excluding hydrogens is 389 g/mol. The summed E-state index contributed by atoms with van der Waals surface area (Å²) in [4.78, 5) is 15.3. The second kappa shape index (κ2) is 7.82. The first-order valence-corrected chi connectivity index (χ1v) is 9.68. The summed E-state index contributed by atoms with van der Waals surface area (Å²) >= 11 is 5.46. The Balaban J connectivity index is 1.89. The van der Waals surface area contributed by atoms with Crippen LogP contribution in [0.1, 0.15) is 21.5 Å². The lowest BCUT2D eigenvalue weighted by atomic mass is 10.1. The van der Waals surface area contributed by atoms with Crippen LogP contribution in [0.5, 0.6) is 0 Å². The fourth-order valence-corrected chi connectivity index (χ4v) is 3.97. The van der Waals surface area contributed by atoms with E-state index in [0.717, 1.165) is 11.1 Å². The summed E-state index contributed by atoms with van der Waals surface area (Å²) in [5.41, 5.74) is 1.40. The van der Waals surface area contributed by atoms with Crippen LogP contribution in [0, 0.1) is 5.82 Å². The third kappa shape index (κ3) is 4.30. The number of halogens is 2. The Morgan fingerprint density at radius 2 is 1.48 bits per heavy atom. The maximum Gasteiger partial charge on any atom is 0.255 e. The normalized spacial score (nSPS) is 11.6. The molecule has 27 heavy (non-hydrogen) atoms. The topological polar surface area (TPSA) is 64.1 Å². The van der Waals surface area contributed by atoms with E-state index in [0.29, 0.717) is 0 Å². The van der Waals surface area contributed by atoms with Gasteiger partial charge in [0.05, 0.1) is 10.5 Å². The molecule has 0 bridgehead atoms. The predicted octanol–water partition coefficient (Wildman–Crippen LogP) is 4.60. The number of nitrogens with zero attached hydrogens (tertiary/aromatic N) is 1. The number of rotatable bonds is 5. The van der Waals surface area contributed by atoms with Gasteiger partial charge in [0.2, 0.25) is 9.84 Å². The Labute approximate surface area is 160 Å². The molecule has 4 nitrogen and oxygen atoms in total. The van der Waals surface area contributed by atoms with Crippen molar-refractivity contribution < 1.29 is 17.6 Å². The fraction of sp³-hybridized carbons (Fsp3) is 0. The number of hydrogen-bond donors (Lipinski definition) is 0. The predicted molar refractivity (Wildman–Crippen MR) is 102 cm³/mol. The van der Waals surface area contributed by atoms with Crippen LogP contribution in [0.3, 0.4) is 0 Å². The van der Waals surface area contributed by atoms with Crippen LogP contribution in [0.4, 0.5) is 4.39 Å². The monoisotopic (exact) mass is 401 g/mol. The molecule has 1 heterocycles. The molecule has 0 saturated carbocycles. The van der Waals surface area contributed by atoms with Crippen molar-refractivity contribution in [3.05, 3.63) is 89.4 Å². The molecule has 0 aliphatic carbocycles. The van der Waals surface area contributed by atoms with Crippen molar-refractivity contribution in [2.75, 3.05) is 0 Å². The van der Waals surface area contributed by atoms with Gasteiger partial charge in [-0.15, -0.1) is 0 Å². The number of sulfone groups is 1. The first-order valence-electron chi connectivity index (χ1n) is 7.81. The molecule has 0 atom stereocenters. The molecule has 0 fully saturated rings. The summed E-state index contributed by atoms with van der Waals surface area (Å²) in [6.45, 7) is 0. The average Bonchev–Trinajstić information content (AvgIpc) is 2.68. The van der Waals surface area contributed by atoms with Crippen molar-refractivity contribution in [2.45, 2.75) is 9.92 Å². The van der Waals surface area contributed by atoms with Gasteiger partial charge in [-0.1, -0.05) is 36.4 Å².